The minimum atomic E-state index is -0.760. The first-order valence-corrected chi connectivity index (χ1v) is 10.7. The Labute approximate surface area is 182 Å². The van der Waals surface area contributed by atoms with Gasteiger partial charge in [0.2, 0.25) is 5.91 Å². The molecule has 0 radical (unpaired) electrons. The minimum Gasteiger partial charge on any atom is -0.457 e. The first-order valence-electron chi connectivity index (χ1n) is 10.7. The molecule has 1 fully saturated rings. The van der Waals surface area contributed by atoms with Gasteiger partial charge in [0.25, 0.3) is 0 Å². The number of hydrogen-bond acceptors (Lipinski definition) is 4. The highest BCUT2D eigenvalue weighted by Crippen LogP contribution is 2.48. The molecular formula is C26H27NO4. The Morgan fingerprint density at radius 2 is 2.00 bits per heavy atom. The number of carbonyl (C=O) groups is 2. The van der Waals surface area contributed by atoms with E-state index in [4.69, 9.17) is 4.74 Å². The molecular weight excluding hydrogens is 390 g/mol. The quantitative estimate of drug-likeness (QED) is 0.421. The molecule has 1 N–H and O–H groups in total. The van der Waals surface area contributed by atoms with Crippen LogP contribution in [0.5, 0.6) is 0 Å². The zero-order valence-electron chi connectivity index (χ0n) is 17.9. The van der Waals surface area contributed by atoms with E-state index in [9.17, 15) is 14.7 Å². The molecule has 2 aliphatic heterocycles. The number of carbonyl (C=O) groups excluding carboxylic acids is 2. The summed E-state index contributed by atoms with van der Waals surface area (Å²) in [5, 5.41) is 10.1. The Balaban J connectivity index is 1.78. The number of benzene rings is 2. The average molecular weight is 418 g/mol. The molecule has 4 rings (SSSR count). The maximum absolute atomic E-state index is 12.9. The van der Waals surface area contributed by atoms with E-state index in [0.717, 1.165) is 34.2 Å². The van der Waals surface area contributed by atoms with Crippen LogP contribution in [0.3, 0.4) is 0 Å². The Morgan fingerprint density at radius 1 is 1.26 bits per heavy atom. The fourth-order valence-corrected chi connectivity index (χ4v) is 4.69. The monoisotopic (exact) mass is 417 g/mol. The fraction of sp³-hybridized carbons (Fsp3) is 0.308. The van der Waals surface area contributed by atoms with E-state index >= 15 is 0 Å². The van der Waals surface area contributed by atoms with E-state index in [1.54, 1.807) is 6.92 Å². The Hall–Kier alpha value is -3.18. The van der Waals surface area contributed by atoms with Gasteiger partial charge < -0.3 is 14.7 Å². The van der Waals surface area contributed by atoms with Gasteiger partial charge in [-0.15, -0.1) is 0 Å². The number of amides is 1. The van der Waals surface area contributed by atoms with Crippen molar-refractivity contribution in [2.24, 2.45) is 5.92 Å². The molecule has 2 aromatic rings. The van der Waals surface area contributed by atoms with Crippen molar-refractivity contribution in [3.63, 3.8) is 0 Å². The van der Waals surface area contributed by atoms with Gasteiger partial charge in [0, 0.05) is 0 Å². The van der Waals surface area contributed by atoms with Gasteiger partial charge in [-0.25, -0.2) is 4.79 Å². The van der Waals surface area contributed by atoms with Crippen LogP contribution in [-0.2, 0) is 20.7 Å². The Bertz CT molecular complexity index is 1050. The van der Waals surface area contributed by atoms with Gasteiger partial charge in [-0.1, -0.05) is 68.1 Å². The van der Waals surface area contributed by atoms with Crippen molar-refractivity contribution in [3.8, 4) is 11.1 Å². The molecule has 2 aromatic carbocycles. The summed E-state index contributed by atoms with van der Waals surface area (Å²) in [5.74, 6) is -1.24. The molecule has 1 saturated heterocycles. The van der Waals surface area contributed by atoms with Crippen LogP contribution in [-0.4, -0.2) is 40.6 Å². The molecule has 0 spiro atoms. The zero-order chi connectivity index (χ0) is 22.1. The van der Waals surface area contributed by atoms with Crippen LogP contribution >= 0.6 is 0 Å². The largest absolute Gasteiger partial charge is 0.457 e. The third-order valence-electron chi connectivity index (χ3n) is 6.17. The number of β-lactam (4-membered cyclic amide) rings is 1. The lowest BCUT2D eigenvalue weighted by molar-refractivity contribution is -0.162. The molecule has 0 bridgehead atoms. The normalized spacial score (nSPS) is 20.9. The highest BCUT2D eigenvalue weighted by atomic mass is 16.5. The summed E-state index contributed by atoms with van der Waals surface area (Å²) in [7, 11) is 0. The predicted octanol–water partition coefficient (Wildman–Crippen LogP) is 3.97. The summed E-state index contributed by atoms with van der Waals surface area (Å²) < 4.78 is 5.32. The van der Waals surface area contributed by atoms with Crippen molar-refractivity contribution < 1.29 is 19.4 Å². The summed E-state index contributed by atoms with van der Waals surface area (Å²) in [4.78, 5) is 27.2. The van der Waals surface area contributed by atoms with Crippen LogP contribution in [0, 0.1) is 5.92 Å². The fourth-order valence-electron chi connectivity index (χ4n) is 4.69. The number of aryl methyl sites for hydroxylation is 1. The van der Waals surface area contributed by atoms with Crippen molar-refractivity contribution in [2.45, 2.75) is 38.8 Å². The van der Waals surface area contributed by atoms with E-state index in [0.29, 0.717) is 12.1 Å². The lowest BCUT2D eigenvalue weighted by atomic mass is 9.82. The standard InChI is InChI=1S/C26H27NO4/c1-4-13-31-26(30)24-21(15-22-23(16(3)28)25(29)27(22)24)20-12-11-19(14-17(20)5-2)18-9-7-6-8-10-18/h4,6-12,14,16,22-23,28H,1,5,13,15H2,2-3H3. The Kier molecular flexibility index (Phi) is 5.79. The van der Waals surface area contributed by atoms with Crippen molar-refractivity contribution in [2.75, 3.05) is 6.61 Å². The summed E-state index contributed by atoms with van der Waals surface area (Å²) >= 11 is 0. The lowest BCUT2D eigenvalue weighted by Gasteiger charge is -2.44. The molecule has 0 aliphatic carbocycles. The second kappa shape index (κ2) is 8.52. The highest BCUT2D eigenvalue weighted by molar-refractivity contribution is 6.07. The molecule has 3 unspecified atom stereocenters. The number of aliphatic hydroxyl groups excluding tert-OH is 1. The van der Waals surface area contributed by atoms with Crippen LogP contribution in [0.15, 0.2) is 66.9 Å². The number of rotatable bonds is 7. The molecule has 2 aliphatic rings. The van der Waals surface area contributed by atoms with Crippen LogP contribution in [0.4, 0.5) is 0 Å². The van der Waals surface area contributed by atoms with Gasteiger partial charge in [-0.2, -0.15) is 0 Å². The van der Waals surface area contributed by atoms with E-state index in [1.807, 2.05) is 30.3 Å². The molecule has 31 heavy (non-hydrogen) atoms. The molecule has 3 atom stereocenters. The van der Waals surface area contributed by atoms with Crippen LogP contribution < -0.4 is 0 Å². The maximum atomic E-state index is 12.9. The van der Waals surface area contributed by atoms with Gasteiger partial charge >= 0.3 is 5.97 Å². The molecule has 2 heterocycles. The van der Waals surface area contributed by atoms with Gasteiger partial charge in [0.15, 0.2) is 0 Å². The van der Waals surface area contributed by atoms with Crippen molar-refractivity contribution in [1.82, 2.24) is 4.90 Å². The third kappa shape index (κ3) is 3.59. The second-order valence-corrected chi connectivity index (χ2v) is 8.05. The van der Waals surface area contributed by atoms with Crippen LogP contribution in [0.2, 0.25) is 0 Å². The van der Waals surface area contributed by atoms with Crippen molar-refractivity contribution in [1.29, 1.82) is 0 Å². The topological polar surface area (TPSA) is 66.8 Å². The predicted molar refractivity (Wildman–Crippen MR) is 120 cm³/mol. The highest BCUT2D eigenvalue weighted by Gasteiger charge is 2.57. The zero-order valence-corrected chi connectivity index (χ0v) is 17.9. The van der Waals surface area contributed by atoms with E-state index in [1.165, 1.54) is 11.0 Å². The number of hydrogen-bond donors (Lipinski definition) is 1. The number of aliphatic hydroxyl groups is 1. The first-order chi connectivity index (χ1) is 15.0. The van der Waals surface area contributed by atoms with Crippen molar-refractivity contribution >= 4 is 17.4 Å². The average Bonchev–Trinajstić information content (AvgIpc) is 3.12. The summed E-state index contributed by atoms with van der Waals surface area (Å²) in [6.07, 6.45) is 2.06. The van der Waals surface area contributed by atoms with Gasteiger partial charge in [-0.05, 0) is 47.6 Å². The van der Waals surface area contributed by atoms with Crippen molar-refractivity contribution in [3.05, 3.63) is 78.0 Å². The SMILES string of the molecule is C=CCOC(=O)C1=C(c2ccc(-c3ccccc3)cc2CC)CC2C(C(C)O)C(=O)N12. The number of ether oxygens (including phenoxy) is 1. The van der Waals surface area contributed by atoms with Gasteiger partial charge in [-0.3, -0.25) is 4.79 Å². The summed E-state index contributed by atoms with van der Waals surface area (Å²) in [5.41, 5.74) is 5.41. The molecule has 0 aromatic heterocycles. The maximum Gasteiger partial charge on any atom is 0.355 e. The van der Waals surface area contributed by atoms with E-state index in [2.05, 4.69) is 31.7 Å². The third-order valence-corrected chi connectivity index (χ3v) is 6.17. The van der Waals surface area contributed by atoms with Gasteiger partial charge in [0.05, 0.1) is 18.1 Å². The Morgan fingerprint density at radius 3 is 2.65 bits per heavy atom. The van der Waals surface area contributed by atoms with Crippen LogP contribution in [0.25, 0.3) is 16.7 Å². The van der Waals surface area contributed by atoms with Gasteiger partial charge in [0.1, 0.15) is 12.3 Å². The molecule has 160 valence electrons. The molecule has 0 saturated carbocycles. The number of nitrogens with zero attached hydrogens (tertiary/aromatic N) is 1. The minimum absolute atomic E-state index is 0.0791. The number of esters is 1. The van der Waals surface area contributed by atoms with E-state index in [-0.39, 0.29) is 18.6 Å². The van der Waals surface area contributed by atoms with Crippen LogP contribution in [0.1, 0.15) is 31.4 Å². The first kappa shape index (κ1) is 21.1. The number of fused-ring (bicyclic) bond motifs is 1. The molecule has 5 nitrogen and oxygen atoms in total. The summed E-state index contributed by atoms with van der Waals surface area (Å²) in [6.45, 7) is 7.38. The molecule has 1 amide bonds. The smallest absolute Gasteiger partial charge is 0.355 e. The van der Waals surface area contributed by atoms with E-state index < -0.39 is 18.0 Å². The lowest BCUT2D eigenvalue weighted by Crippen LogP contribution is -2.61. The second-order valence-electron chi connectivity index (χ2n) is 8.05. The summed E-state index contributed by atoms with van der Waals surface area (Å²) in [6, 6.07) is 16.2. The molecule has 5 heteroatoms.